The molecule has 11 heteroatoms. The Morgan fingerprint density at radius 2 is 1.62 bits per heavy atom. The molecule has 0 radical (unpaired) electrons. The van der Waals surface area contributed by atoms with Gasteiger partial charge in [0.15, 0.2) is 0 Å². The van der Waals surface area contributed by atoms with Crippen molar-refractivity contribution in [3.63, 3.8) is 0 Å². The number of rotatable bonds is 5. The van der Waals surface area contributed by atoms with Crippen LogP contribution >= 0.6 is 0 Å². The molecular weight excluding hydrogens is 233 g/mol. The molecule has 0 rings (SSSR count). The third-order valence-electron chi connectivity index (χ3n) is 0.762. The van der Waals surface area contributed by atoms with E-state index in [1.807, 2.05) is 0 Å². The molecule has 78 valence electrons. The van der Waals surface area contributed by atoms with Crippen LogP contribution in [0.4, 0.5) is 8.63 Å². The summed E-state index contributed by atoms with van der Waals surface area (Å²) >= 11 is 0. The minimum atomic E-state index is -4.81. The summed E-state index contributed by atoms with van der Waals surface area (Å²) in [5, 5.41) is -1.64. The van der Waals surface area contributed by atoms with Crippen LogP contribution in [0.3, 0.4) is 0 Å². The first kappa shape index (κ1) is 12.7. The molecule has 0 aromatic heterocycles. The van der Waals surface area contributed by atoms with Crippen LogP contribution in [0.15, 0.2) is 0 Å². The summed E-state index contributed by atoms with van der Waals surface area (Å²) in [5.74, 6) is 0. The first-order chi connectivity index (χ1) is 5.68. The monoisotopic (exact) mass is 238 g/mol. The lowest BCUT2D eigenvalue weighted by Gasteiger charge is -2.01. The van der Waals surface area contributed by atoms with Gasteiger partial charge in [-0.2, -0.15) is 16.8 Å². The van der Waals surface area contributed by atoms with Crippen LogP contribution in [-0.4, -0.2) is 36.5 Å². The largest absolute Gasteiger partial charge is 0.736 e. The Morgan fingerprint density at radius 3 is 1.92 bits per heavy atom. The Balaban J connectivity index is 4.54. The zero-order valence-corrected chi connectivity index (χ0v) is 7.94. The van der Waals surface area contributed by atoms with Gasteiger partial charge in [-0.15, -0.1) is 0 Å². The minimum absolute atomic E-state index is 0.702. The Hall–Kier alpha value is -0.255. The lowest BCUT2D eigenvalue weighted by molar-refractivity contribution is 0.395. The van der Waals surface area contributed by atoms with Crippen LogP contribution in [0.25, 0.3) is 0 Å². The van der Waals surface area contributed by atoms with E-state index in [0.717, 1.165) is 0 Å². The Bertz CT molecular complexity index is 345. The summed E-state index contributed by atoms with van der Waals surface area (Å²) in [4.78, 5) is 0. The van der Waals surface area contributed by atoms with E-state index >= 15 is 0 Å². The molecule has 0 amide bonds. The maximum absolute atomic E-state index is 11.4. The van der Waals surface area contributed by atoms with Gasteiger partial charge in [-0.25, -0.2) is 0 Å². The number of hydrogen-bond donors (Lipinski definition) is 0. The normalized spacial score (nSPS) is 12.8. The summed E-state index contributed by atoms with van der Waals surface area (Å²) in [6.07, 6.45) is 0. The molecule has 0 aliphatic rings. The molecule has 0 aliphatic heterocycles. The highest BCUT2D eigenvalue weighted by Crippen LogP contribution is 2.04. The van der Waals surface area contributed by atoms with Crippen LogP contribution < -0.4 is 0 Å². The van der Waals surface area contributed by atoms with Gasteiger partial charge in [0, 0.05) is 0 Å². The van der Waals surface area contributed by atoms with Crippen molar-refractivity contribution >= 4 is 27.7 Å². The fourth-order valence-corrected chi connectivity index (χ4v) is 2.61. The standard InChI is InChI=1S/C2H5BF2O6S2/c1-10-12(6,7)2-13(8,9)11-3(4)5/h2H2,1H3. The molecule has 0 unspecified atom stereocenters. The van der Waals surface area contributed by atoms with Crippen molar-refractivity contribution in [2.24, 2.45) is 0 Å². The lowest BCUT2D eigenvalue weighted by atomic mass is 10.4. The summed E-state index contributed by atoms with van der Waals surface area (Å²) in [5.41, 5.74) is 0. The predicted molar refractivity (Wildman–Crippen MR) is 38.8 cm³/mol. The van der Waals surface area contributed by atoms with Gasteiger partial charge in [0.05, 0.1) is 7.11 Å². The summed E-state index contributed by atoms with van der Waals surface area (Å²) < 4.78 is 71.4. The van der Waals surface area contributed by atoms with Gasteiger partial charge in [0.2, 0.25) is 5.08 Å². The van der Waals surface area contributed by atoms with Crippen molar-refractivity contribution in [1.82, 2.24) is 0 Å². The topological polar surface area (TPSA) is 86.7 Å². The number of halogens is 2. The fourth-order valence-electron chi connectivity index (χ4n) is 0.363. The van der Waals surface area contributed by atoms with Gasteiger partial charge in [-0.05, 0) is 0 Å². The fraction of sp³-hybridized carbons (Fsp3) is 1.00. The molecule has 0 aliphatic carbocycles. The first-order valence-electron chi connectivity index (χ1n) is 2.66. The van der Waals surface area contributed by atoms with E-state index in [1.165, 1.54) is 0 Å². The molecule has 0 bridgehead atoms. The van der Waals surface area contributed by atoms with Crippen molar-refractivity contribution in [2.75, 3.05) is 12.2 Å². The van der Waals surface area contributed by atoms with Crippen molar-refractivity contribution < 1.29 is 33.8 Å². The van der Waals surface area contributed by atoms with Gasteiger partial charge in [0.1, 0.15) is 0 Å². The molecule has 6 nitrogen and oxygen atoms in total. The molecular formula is C2H5BF2O6S2. The molecule has 0 spiro atoms. The summed E-state index contributed by atoms with van der Waals surface area (Å²) in [6.45, 7) is 0. The van der Waals surface area contributed by atoms with Gasteiger partial charge < -0.3 is 0 Å². The first-order valence-corrected chi connectivity index (χ1v) is 5.81. The highest BCUT2D eigenvalue weighted by Gasteiger charge is 2.30. The molecule has 0 N–H and O–H groups in total. The SMILES string of the molecule is COS(=O)(=O)CS(=O)(=O)OB(F)F. The zero-order chi connectivity index (χ0) is 10.7. The van der Waals surface area contributed by atoms with E-state index in [9.17, 15) is 25.5 Å². The van der Waals surface area contributed by atoms with Crippen LogP contribution in [0.5, 0.6) is 0 Å². The quantitative estimate of drug-likeness (QED) is 0.459. The highest BCUT2D eigenvalue weighted by atomic mass is 32.3. The zero-order valence-electron chi connectivity index (χ0n) is 6.31. The summed E-state index contributed by atoms with van der Waals surface area (Å²) in [7, 11) is -12.1. The van der Waals surface area contributed by atoms with Gasteiger partial charge in [0.25, 0.3) is 20.2 Å². The second-order valence-electron chi connectivity index (χ2n) is 1.76. The van der Waals surface area contributed by atoms with E-state index in [1.54, 1.807) is 0 Å². The van der Waals surface area contributed by atoms with Crippen molar-refractivity contribution in [3.05, 3.63) is 0 Å². The Kier molecular flexibility index (Phi) is 4.22. The highest BCUT2D eigenvalue weighted by molar-refractivity contribution is 8.04. The van der Waals surface area contributed by atoms with Crippen molar-refractivity contribution in [1.29, 1.82) is 0 Å². The molecule has 0 saturated carbocycles. The molecule has 0 aromatic rings. The van der Waals surface area contributed by atoms with Crippen molar-refractivity contribution in [2.45, 2.75) is 0 Å². The van der Waals surface area contributed by atoms with Crippen LogP contribution in [0, 0.1) is 0 Å². The predicted octanol–water partition coefficient (Wildman–Crippen LogP) is -0.810. The Labute approximate surface area is 74.3 Å². The number of hydrogen-bond acceptors (Lipinski definition) is 6. The van der Waals surface area contributed by atoms with E-state index in [-0.39, 0.29) is 0 Å². The van der Waals surface area contributed by atoms with Gasteiger partial charge in [-0.1, -0.05) is 0 Å². The average Bonchev–Trinajstić information content (AvgIpc) is 1.81. The van der Waals surface area contributed by atoms with E-state index in [4.69, 9.17) is 0 Å². The van der Waals surface area contributed by atoms with E-state index in [0.29, 0.717) is 7.11 Å². The van der Waals surface area contributed by atoms with Gasteiger partial charge in [-0.3, -0.25) is 16.9 Å². The van der Waals surface area contributed by atoms with Crippen molar-refractivity contribution in [3.8, 4) is 0 Å². The molecule has 13 heavy (non-hydrogen) atoms. The third kappa shape index (κ3) is 5.90. The molecule has 0 atom stereocenters. The second-order valence-corrected chi connectivity index (χ2v) is 5.46. The molecule has 0 fully saturated rings. The smallest absolute Gasteiger partial charge is 0.273 e. The third-order valence-corrected chi connectivity index (χ3v) is 4.02. The molecule has 0 heterocycles. The van der Waals surface area contributed by atoms with Gasteiger partial charge >= 0.3 is 7.47 Å². The maximum Gasteiger partial charge on any atom is 0.736 e. The van der Waals surface area contributed by atoms with E-state index < -0.39 is 32.8 Å². The average molecular weight is 238 g/mol. The minimum Gasteiger partial charge on any atom is -0.273 e. The molecule has 0 saturated heterocycles. The van der Waals surface area contributed by atoms with Crippen LogP contribution in [-0.2, 0) is 28.5 Å². The molecule has 0 aromatic carbocycles. The second kappa shape index (κ2) is 4.31. The summed E-state index contributed by atoms with van der Waals surface area (Å²) in [6, 6.07) is 0. The lowest BCUT2D eigenvalue weighted by Crippen LogP contribution is -2.23. The van der Waals surface area contributed by atoms with E-state index in [2.05, 4.69) is 8.28 Å². The Morgan fingerprint density at radius 1 is 1.15 bits per heavy atom. The van der Waals surface area contributed by atoms with Crippen LogP contribution in [0.1, 0.15) is 0 Å². The maximum atomic E-state index is 11.4. The van der Waals surface area contributed by atoms with Crippen LogP contribution in [0.2, 0.25) is 0 Å².